The van der Waals surface area contributed by atoms with Gasteiger partial charge in [0.05, 0.1) is 30.3 Å². The molecule has 0 spiro atoms. The van der Waals surface area contributed by atoms with E-state index in [4.69, 9.17) is 18.0 Å². The third kappa shape index (κ3) is 10.9. The van der Waals surface area contributed by atoms with Gasteiger partial charge in [-0.1, -0.05) is 132 Å². The van der Waals surface area contributed by atoms with Crippen LogP contribution in [-0.2, 0) is 22.8 Å². The van der Waals surface area contributed by atoms with E-state index in [1.54, 1.807) is 5.57 Å². The normalized spacial score (nSPS) is 29.1. The maximum Gasteiger partial charge on any atom is 0.315 e. The van der Waals surface area contributed by atoms with Gasteiger partial charge in [-0.3, -0.25) is 4.79 Å². The molecule has 4 aliphatic carbocycles. The van der Waals surface area contributed by atoms with Crippen molar-refractivity contribution < 1.29 is 22.8 Å². The Kier molecular flexibility index (Phi) is 15.4. The highest BCUT2D eigenvalue weighted by atomic mass is 28.4. The standard InChI is InChI=1S/C50H90O5Si3/c1-20-21-33-52-45(51)50(31-32-50)44(55-58(18,19)48(10,11)12)29-24-36(2)40-27-28-41-39(23-22-30-49(40,41)13)26-25-38-34-42(53-56(14,15)46(4,5)6)37(3)43(35-38)54-57(16,17)47(7,8)9/h24-26,29,36,40-44H,3,20-23,27-28,30-35H2,1-2,4-19H3/t36-,40-,41+,42-,43-,44-,49-/m1/s1. The molecule has 0 aromatic rings. The lowest BCUT2D eigenvalue weighted by Crippen LogP contribution is -2.49. The van der Waals surface area contributed by atoms with Gasteiger partial charge >= 0.3 is 5.97 Å². The van der Waals surface area contributed by atoms with E-state index in [0.29, 0.717) is 24.4 Å². The van der Waals surface area contributed by atoms with E-state index < -0.39 is 30.4 Å². The lowest BCUT2D eigenvalue weighted by Gasteiger charge is -2.46. The number of ether oxygens (including phenoxy) is 1. The summed E-state index contributed by atoms with van der Waals surface area (Å²) in [5.74, 6) is 1.53. The first-order chi connectivity index (χ1) is 26.4. The Bertz CT molecular complexity index is 1500. The molecule has 4 saturated carbocycles. The summed E-state index contributed by atoms with van der Waals surface area (Å²) in [6.07, 6.45) is 21.1. The molecule has 8 heteroatoms. The third-order valence-electron chi connectivity index (χ3n) is 16.7. The van der Waals surface area contributed by atoms with Gasteiger partial charge < -0.3 is 18.0 Å². The summed E-state index contributed by atoms with van der Waals surface area (Å²) in [7, 11) is -6.20. The maximum absolute atomic E-state index is 13.6. The van der Waals surface area contributed by atoms with Crippen molar-refractivity contribution in [1.29, 1.82) is 0 Å². The van der Waals surface area contributed by atoms with Gasteiger partial charge in [-0.15, -0.1) is 0 Å². The van der Waals surface area contributed by atoms with E-state index in [0.717, 1.165) is 44.1 Å². The van der Waals surface area contributed by atoms with Crippen LogP contribution in [0.1, 0.15) is 154 Å². The summed E-state index contributed by atoms with van der Waals surface area (Å²) in [6, 6.07) is 0. The Morgan fingerprint density at radius 3 is 1.83 bits per heavy atom. The molecular formula is C50H90O5Si3. The molecule has 0 aliphatic heterocycles. The molecule has 0 saturated heterocycles. The molecular weight excluding hydrogens is 765 g/mol. The Morgan fingerprint density at radius 2 is 1.34 bits per heavy atom. The molecule has 0 unspecified atom stereocenters. The van der Waals surface area contributed by atoms with E-state index in [9.17, 15) is 4.79 Å². The quantitative estimate of drug-likeness (QED) is 0.0711. The number of hydrogen-bond donors (Lipinski definition) is 0. The van der Waals surface area contributed by atoms with Gasteiger partial charge in [-0.2, -0.15) is 0 Å². The predicted molar refractivity (Wildman–Crippen MR) is 255 cm³/mol. The van der Waals surface area contributed by atoms with Crippen molar-refractivity contribution in [1.82, 2.24) is 0 Å². The van der Waals surface area contributed by atoms with Gasteiger partial charge in [0, 0.05) is 0 Å². The second-order valence-corrected chi connectivity index (χ2v) is 38.3. The number of carbonyl (C=O) groups excluding carboxylic acids is 1. The highest BCUT2D eigenvalue weighted by molar-refractivity contribution is 6.75. The van der Waals surface area contributed by atoms with Crippen LogP contribution in [0.4, 0.5) is 0 Å². The Hall–Kier alpha value is -1.04. The van der Waals surface area contributed by atoms with E-state index in [1.165, 1.54) is 37.7 Å². The van der Waals surface area contributed by atoms with Crippen LogP contribution in [0.25, 0.3) is 0 Å². The zero-order valence-electron chi connectivity index (χ0n) is 41.0. The Morgan fingerprint density at radius 1 is 0.810 bits per heavy atom. The van der Waals surface area contributed by atoms with Gasteiger partial charge in [-0.25, -0.2) is 0 Å². The van der Waals surface area contributed by atoms with Gasteiger partial charge in [0.15, 0.2) is 25.0 Å². The number of hydrogen-bond acceptors (Lipinski definition) is 5. The average Bonchev–Trinajstić information content (AvgIpc) is 3.81. The average molecular weight is 856 g/mol. The molecule has 4 rings (SSSR count). The minimum atomic E-state index is -2.14. The Balaban J connectivity index is 1.59. The minimum absolute atomic E-state index is 0.00778. The van der Waals surface area contributed by atoms with Gasteiger partial charge in [0.1, 0.15) is 0 Å². The number of esters is 1. The van der Waals surface area contributed by atoms with Crippen molar-refractivity contribution >= 4 is 30.9 Å². The van der Waals surface area contributed by atoms with Gasteiger partial charge in [-0.05, 0) is 147 Å². The van der Waals surface area contributed by atoms with Crippen molar-refractivity contribution in [3.8, 4) is 0 Å². The summed E-state index contributed by atoms with van der Waals surface area (Å²) in [5, 5.41) is 0.312. The zero-order chi connectivity index (χ0) is 43.9. The molecule has 7 atom stereocenters. The molecule has 332 valence electrons. The van der Waals surface area contributed by atoms with Crippen molar-refractivity contribution in [2.75, 3.05) is 6.61 Å². The minimum Gasteiger partial charge on any atom is -0.465 e. The van der Waals surface area contributed by atoms with E-state index in [-0.39, 0.29) is 44.8 Å². The van der Waals surface area contributed by atoms with Crippen LogP contribution in [0.15, 0.2) is 47.6 Å². The molecule has 5 nitrogen and oxygen atoms in total. The second kappa shape index (κ2) is 18.0. The van der Waals surface area contributed by atoms with Crippen LogP contribution in [0.3, 0.4) is 0 Å². The number of rotatable bonds is 15. The summed E-state index contributed by atoms with van der Waals surface area (Å²) < 4.78 is 27.3. The Labute approximate surface area is 361 Å². The molecule has 0 amide bonds. The monoisotopic (exact) mass is 855 g/mol. The van der Waals surface area contributed by atoms with Crippen LogP contribution in [0, 0.1) is 28.6 Å². The van der Waals surface area contributed by atoms with Crippen LogP contribution < -0.4 is 0 Å². The fraction of sp³-hybridized carbons (Fsp3) is 0.820. The number of allylic oxidation sites excluding steroid dienone is 4. The fourth-order valence-corrected chi connectivity index (χ4v) is 13.2. The topological polar surface area (TPSA) is 54.0 Å². The number of unbranched alkanes of at least 4 members (excludes halogenated alkanes) is 1. The summed E-state index contributed by atoms with van der Waals surface area (Å²) in [6.45, 7) is 47.3. The summed E-state index contributed by atoms with van der Waals surface area (Å²) in [5.41, 5.74) is 3.94. The van der Waals surface area contributed by atoms with E-state index in [1.807, 2.05) is 0 Å². The van der Waals surface area contributed by atoms with Crippen LogP contribution in [-0.4, -0.2) is 55.8 Å². The van der Waals surface area contributed by atoms with Gasteiger partial charge in [0.2, 0.25) is 0 Å². The molecule has 4 aliphatic rings. The highest BCUT2D eigenvalue weighted by Crippen LogP contribution is 2.60. The lowest BCUT2D eigenvalue weighted by molar-refractivity contribution is -0.153. The maximum atomic E-state index is 13.6. The first-order valence-corrected chi connectivity index (χ1v) is 32.1. The smallest absolute Gasteiger partial charge is 0.315 e. The van der Waals surface area contributed by atoms with Crippen molar-refractivity contribution in [2.45, 2.75) is 226 Å². The fourth-order valence-electron chi connectivity index (χ4n) is 9.27. The highest BCUT2D eigenvalue weighted by Gasteiger charge is 2.59. The second-order valence-electron chi connectivity index (χ2n) is 24.1. The SMILES string of the molecule is C=C1[C@H](O[Si](C)(C)C(C)(C)C)CC(=CC=C2CCC[C@]3(C)[C@@H]([C@H](C)C=C[C@@H](O[Si](C)(C)C(C)(C)C)C4(C(=O)OCCCC)CC4)CC[C@@H]23)C[C@H]1O[Si](C)(C)C(C)(C)C. The molecule has 0 aromatic carbocycles. The summed E-state index contributed by atoms with van der Waals surface area (Å²) >= 11 is 0. The van der Waals surface area contributed by atoms with Crippen molar-refractivity contribution in [3.63, 3.8) is 0 Å². The number of fused-ring (bicyclic) bond motifs is 1. The molecule has 0 bridgehead atoms. The molecule has 0 heterocycles. The van der Waals surface area contributed by atoms with Crippen molar-refractivity contribution in [3.05, 3.63) is 47.6 Å². The molecule has 0 radical (unpaired) electrons. The van der Waals surface area contributed by atoms with E-state index in [2.05, 4.69) is 153 Å². The van der Waals surface area contributed by atoms with Crippen LogP contribution >= 0.6 is 0 Å². The van der Waals surface area contributed by atoms with E-state index >= 15 is 0 Å². The molecule has 58 heavy (non-hydrogen) atoms. The third-order valence-corrected chi connectivity index (χ3v) is 30.1. The largest absolute Gasteiger partial charge is 0.465 e. The van der Waals surface area contributed by atoms with Crippen molar-refractivity contribution in [2.24, 2.45) is 28.6 Å². The van der Waals surface area contributed by atoms with Crippen LogP contribution in [0.2, 0.25) is 54.4 Å². The predicted octanol–water partition coefficient (Wildman–Crippen LogP) is 14.9. The van der Waals surface area contributed by atoms with Crippen LogP contribution in [0.5, 0.6) is 0 Å². The number of carbonyl (C=O) groups is 1. The van der Waals surface area contributed by atoms with Gasteiger partial charge in [0.25, 0.3) is 0 Å². The summed E-state index contributed by atoms with van der Waals surface area (Å²) in [4.78, 5) is 13.6. The molecule has 0 N–H and O–H groups in total. The first-order valence-electron chi connectivity index (χ1n) is 23.4. The molecule has 0 aromatic heterocycles. The first kappa shape index (κ1) is 49.6. The molecule has 4 fully saturated rings. The lowest BCUT2D eigenvalue weighted by atomic mass is 9.61. The zero-order valence-corrected chi connectivity index (χ0v) is 44.0.